The quantitative estimate of drug-likeness (QED) is 0.651. The predicted octanol–water partition coefficient (Wildman–Crippen LogP) is 4.08. The standard InChI is InChI=1S/C23H30ClN5O/c1-17-16-20(29-14-4-5-15-29)28-22(27-17)26-13-12-25-21(30)23(10-2-3-11-23)18-6-8-19(24)9-7-18/h6-9,16H,2-5,10-15H2,1H3,(H,25,30)(H,26,27,28). The maximum atomic E-state index is 13.1. The molecule has 1 aromatic heterocycles. The van der Waals surface area contributed by atoms with Crippen LogP contribution >= 0.6 is 11.6 Å². The van der Waals surface area contributed by atoms with Crippen molar-refractivity contribution in [2.45, 2.75) is 50.9 Å². The number of aryl methyl sites for hydroxylation is 1. The van der Waals surface area contributed by atoms with E-state index in [1.54, 1.807) is 0 Å². The maximum Gasteiger partial charge on any atom is 0.230 e. The second-order valence-electron chi connectivity index (χ2n) is 8.36. The summed E-state index contributed by atoms with van der Waals surface area (Å²) in [6, 6.07) is 9.77. The lowest BCUT2D eigenvalue weighted by Gasteiger charge is -2.28. The van der Waals surface area contributed by atoms with Crippen LogP contribution in [0.15, 0.2) is 30.3 Å². The van der Waals surface area contributed by atoms with E-state index in [4.69, 9.17) is 11.6 Å². The van der Waals surface area contributed by atoms with Crippen LogP contribution in [0.5, 0.6) is 0 Å². The first-order valence-corrected chi connectivity index (χ1v) is 11.3. The number of halogens is 1. The molecule has 4 rings (SSSR count). The highest BCUT2D eigenvalue weighted by molar-refractivity contribution is 6.30. The van der Waals surface area contributed by atoms with Crippen molar-refractivity contribution in [3.63, 3.8) is 0 Å². The Morgan fingerprint density at radius 1 is 1.07 bits per heavy atom. The summed E-state index contributed by atoms with van der Waals surface area (Å²) >= 11 is 6.04. The summed E-state index contributed by atoms with van der Waals surface area (Å²) in [5.41, 5.74) is 1.58. The SMILES string of the molecule is Cc1cc(N2CCCC2)nc(NCCNC(=O)C2(c3ccc(Cl)cc3)CCCC2)n1. The third-order valence-corrected chi connectivity index (χ3v) is 6.50. The Morgan fingerprint density at radius 3 is 2.47 bits per heavy atom. The van der Waals surface area contributed by atoms with Gasteiger partial charge in [-0.3, -0.25) is 4.79 Å². The van der Waals surface area contributed by atoms with Gasteiger partial charge in [-0.1, -0.05) is 36.6 Å². The van der Waals surface area contributed by atoms with Crippen LogP contribution in [0.1, 0.15) is 49.8 Å². The number of aromatic nitrogens is 2. The van der Waals surface area contributed by atoms with Crippen LogP contribution in [0.4, 0.5) is 11.8 Å². The molecule has 2 N–H and O–H groups in total. The molecule has 1 aromatic carbocycles. The Kier molecular flexibility index (Phi) is 6.42. The molecule has 0 unspecified atom stereocenters. The summed E-state index contributed by atoms with van der Waals surface area (Å²) < 4.78 is 0. The normalized spacial score (nSPS) is 17.9. The van der Waals surface area contributed by atoms with Gasteiger partial charge in [0.25, 0.3) is 0 Å². The average Bonchev–Trinajstić information content (AvgIpc) is 3.44. The fraction of sp³-hybridized carbons (Fsp3) is 0.522. The molecule has 1 amide bonds. The highest BCUT2D eigenvalue weighted by atomic mass is 35.5. The molecular formula is C23H30ClN5O. The molecule has 6 nitrogen and oxygen atoms in total. The molecule has 1 aliphatic heterocycles. The van der Waals surface area contributed by atoms with Crippen molar-refractivity contribution < 1.29 is 4.79 Å². The number of amides is 1. The van der Waals surface area contributed by atoms with Gasteiger partial charge in [-0.25, -0.2) is 4.98 Å². The van der Waals surface area contributed by atoms with E-state index in [0.717, 1.165) is 55.8 Å². The molecule has 0 radical (unpaired) electrons. The predicted molar refractivity (Wildman–Crippen MR) is 121 cm³/mol. The first-order chi connectivity index (χ1) is 14.6. The van der Waals surface area contributed by atoms with Crippen LogP contribution in [-0.2, 0) is 10.2 Å². The number of nitrogens with zero attached hydrogens (tertiary/aromatic N) is 3. The summed E-state index contributed by atoms with van der Waals surface area (Å²) in [6.07, 6.45) is 6.35. The van der Waals surface area contributed by atoms with Gasteiger partial charge in [-0.05, 0) is 50.3 Å². The molecule has 2 fully saturated rings. The Bertz CT molecular complexity index is 874. The van der Waals surface area contributed by atoms with Crippen LogP contribution in [0.25, 0.3) is 0 Å². The minimum atomic E-state index is -0.437. The van der Waals surface area contributed by atoms with Gasteiger partial charge in [-0.15, -0.1) is 0 Å². The number of anilines is 2. The second-order valence-corrected chi connectivity index (χ2v) is 8.80. The van der Waals surface area contributed by atoms with Crippen molar-refractivity contribution in [2.75, 3.05) is 36.4 Å². The smallest absolute Gasteiger partial charge is 0.230 e. The number of hydrogen-bond donors (Lipinski definition) is 2. The van der Waals surface area contributed by atoms with Crippen molar-refractivity contribution >= 4 is 29.3 Å². The van der Waals surface area contributed by atoms with Crippen molar-refractivity contribution in [3.8, 4) is 0 Å². The zero-order valence-electron chi connectivity index (χ0n) is 17.6. The summed E-state index contributed by atoms with van der Waals surface area (Å²) in [6.45, 7) is 5.22. The Hall–Kier alpha value is -2.34. The van der Waals surface area contributed by atoms with Gasteiger partial charge in [0.15, 0.2) is 0 Å². The molecule has 2 aliphatic rings. The van der Waals surface area contributed by atoms with Crippen molar-refractivity contribution in [2.24, 2.45) is 0 Å². The van der Waals surface area contributed by atoms with Gasteiger partial charge in [0.1, 0.15) is 5.82 Å². The van der Waals surface area contributed by atoms with E-state index in [2.05, 4.69) is 25.5 Å². The fourth-order valence-corrected chi connectivity index (χ4v) is 4.78. The summed E-state index contributed by atoms with van der Waals surface area (Å²) in [4.78, 5) is 24.6. The van der Waals surface area contributed by atoms with Crippen LogP contribution < -0.4 is 15.5 Å². The Labute approximate surface area is 183 Å². The monoisotopic (exact) mass is 427 g/mol. The number of hydrogen-bond acceptors (Lipinski definition) is 5. The van der Waals surface area contributed by atoms with Gasteiger partial charge in [0.2, 0.25) is 11.9 Å². The van der Waals surface area contributed by atoms with Crippen molar-refractivity contribution in [3.05, 3.63) is 46.6 Å². The summed E-state index contributed by atoms with van der Waals surface area (Å²) in [5.74, 6) is 1.71. The fourth-order valence-electron chi connectivity index (χ4n) is 4.65. The van der Waals surface area contributed by atoms with Crippen LogP contribution in [0, 0.1) is 6.92 Å². The van der Waals surface area contributed by atoms with E-state index < -0.39 is 5.41 Å². The lowest BCUT2D eigenvalue weighted by molar-refractivity contribution is -0.126. The van der Waals surface area contributed by atoms with Crippen LogP contribution in [0.2, 0.25) is 5.02 Å². The van der Waals surface area contributed by atoms with Gasteiger partial charge in [0.05, 0.1) is 5.41 Å². The number of carbonyl (C=O) groups is 1. The maximum absolute atomic E-state index is 13.1. The van der Waals surface area contributed by atoms with E-state index >= 15 is 0 Å². The highest BCUT2D eigenvalue weighted by Gasteiger charge is 2.42. The molecule has 0 spiro atoms. The molecule has 160 valence electrons. The summed E-state index contributed by atoms with van der Waals surface area (Å²) in [7, 11) is 0. The molecule has 7 heteroatoms. The lowest BCUT2D eigenvalue weighted by atomic mass is 9.78. The zero-order chi connectivity index (χ0) is 21.0. The second kappa shape index (κ2) is 9.21. The van der Waals surface area contributed by atoms with E-state index in [-0.39, 0.29) is 5.91 Å². The highest BCUT2D eigenvalue weighted by Crippen LogP contribution is 2.41. The summed E-state index contributed by atoms with van der Waals surface area (Å²) in [5, 5.41) is 7.10. The molecule has 2 aromatic rings. The number of nitrogens with one attached hydrogen (secondary N) is 2. The molecular weight excluding hydrogens is 398 g/mol. The molecule has 0 bridgehead atoms. The topological polar surface area (TPSA) is 70.2 Å². The van der Waals surface area contributed by atoms with Gasteiger partial charge >= 0.3 is 0 Å². The molecule has 1 aliphatic carbocycles. The minimum absolute atomic E-state index is 0.104. The first-order valence-electron chi connectivity index (χ1n) is 11.0. The Balaban J connectivity index is 1.34. The third-order valence-electron chi connectivity index (χ3n) is 6.25. The molecule has 0 atom stereocenters. The molecule has 30 heavy (non-hydrogen) atoms. The van der Waals surface area contributed by atoms with Crippen LogP contribution in [-0.4, -0.2) is 42.1 Å². The first kappa shape index (κ1) is 20.9. The molecule has 1 saturated heterocycles. The van der Waals surface area contributed by atoms with Gasteiger partial charge in [0, 0.05) is 43.0 Å². The largest absolute Gasteiger partial charge is 0.356 e. The number of benzene rings is 1. The molecule has 2 heterocycles. The minimum Gasteiger partial charge on any atom is -0.356 e. The van der Waals surface area contributed by atoms with E-state index in [1.807, 2.05) is 37.3 Å². The van der Waals surface area contributed by atoms with E-state index in [1.165, 1.54) is 12.8 Å². The van der Waals surface area contributed by atoms with Gasteiger partial charge in [-0.2, -0.15) is 4.98 Å². The zero-order valence-corrected chi connectivity index (χ0v) is 18.3. The Morgan fingerprint density at radius 2 is 1.77 bits per heavy atom. The van der Waals surface area contributed by atoms with E-state index in [0.29, 0.717) is 24.1 Å². The van der Waals surface area contributed by atoms with Crippen molar-refractivity contribution in [1.82, 2.24) is 15.3 Å². The molecule has 1 saturated carbocycles. The van der Waals surface area contributed by atoms with Crippen LogP contribution in [0.3, 0.4) is 0 Å². The van der Waals surface area contributed by atoms with Gasteiger partial charge < -0.3 is 15.5 Å². The lowest BCUT2D eigenvalue weighted by Crippen LogP contribution is -2.44. The number of carbonyl (C=O) groups excluding carboxylic acids is 1. The van der Waals surface area contributed by atoms with Crippen molar-refractivity contribution in [1.29, 1.82) is 0 Å². The van der Waals surface area contributed by atoms with E-state index in [9.17, 15) is 4.79 Å². The number of rotatable bonds is 7. The third kappa shape index (κ3) is 4.53. The average molecular weight is 428 g/mol.